The Balaban J connectivity index is 1.41. The van der Waals surface area contributed by atoms with Crippen LogP contribution in [0.25, 0.3) is 0 Å². The lowest BCUT2D eigenvalue weighted by Crippen LogP contribution is -2.33. The summed E-state index contributed by atoms with van der Waals surface area (Å²) in [6, 6.07) is 24.8. The SMILES string of the molecule is CCCCCOc1ccc([C@@H]2Oc3ccccc3[C@@H]3CC(c4ccc(OC)cc4)=NN32)cc1. The van der Waals surface area contributed by atoms with Crippen LogP contribution in [0.15, 0.2) is 77.9 Å². The molecule has 33 heavy (non-hydrogen) atoms. The molecule has 2 aliphatic heterocycles. The molecule has 0 saturated heterocycles. The Morgan fingerprint density at radius 1 is 0.939 bits per heavy atom. The highest BCUT2D eigenvalue weighted by molar-refractivity contribution is 6.02. The van der Waals surface area contributed by atoms with Gasteiger partial charge in [0.05, 0.1) is 25.5 Å². The largest absolute Gasteiger partial charge is 0.497 e. The van der Waals surface area contributed by atoms with Crippen LogP contribution in [0.2, 0.25) is 0 Å². The molecule has 5 rings (SSSR count). The first-order valence-electron chi connectivity index (χ1n) is 11.8. The highest BCUT2D eigenvalue weighted by Gasteiger charge is 2.40. The molecule has 170 valence electrons. The Hall–Kier alpha value is -3.47. The normalized spacial score (nSPS) is 18.7. The second-order valence-electron chi connectivity index (χ2n) is 8.51. The van der Waals surface area contributed by atoms with Gasteiger partial charge in [-0.15, -0.1) is 0 Å². The van der Waals surface area contributed by atoms with Gasteiger partial charge in [0.2, 0.25) is 6.23 Å². The van der Waals surface area contributed by atoms with Gasteiger partial charge in [-0.05, 0) is 66.6 Å². The zero-order valence-electron chi connectivity index (χ0n) is 19.2. The summed E-state index contributed by atoms with van der Waals surface area (Å²) in [5.74, 6) is 2.67. The third-order valence-corrected chi connectivity index (χ3v) is 6.30. The molecule has 2 aliphatic rings. The summed E-state index contributed by atoms with van der Waals surface area (Å²) in [6.07, 6.45) is 4.02. The predicted octanol–water partition coefficient (Wildman–Crippen LogP) is 6.51. The van der Waals surface area contributed by atoms with Crippen LogP contribution < -0.4 is 14.2 Å². The quantitative estimate of drug-likeness (QED) is 0.373. The Morgan fingerprint density at radius 3 is 2.45 bits per heavy atom. The van der Waals surface area contributed by atoms with E-state index < -0.39 is 0 Å². The van der Waals surface area contributed by atoms with Gasteiger partial charge in [0, 0.05) is 17.5 Å². The summed E-state index contributed by atoms with van der Waals surface area (Å²) in [6.45, 7) is 2.95. The molecule has 0 fully saturated rings. The van der Waals surface area contributed by atoms with Crippen LogP contribution in [-0.2, 0) is 0 Å². The van der Waals surface area contributed by atoms with E-state index in [4.69, 9.17) is 19.3 Å². The first kappa shape index (κ1) is 21.4. The Morgan fingerprint density at radius 2 is 1.70 bits per heavy atom. The first-order valence-corrected chi connectivity index (χ1v) is 11.8. The van der Waals surface area contributed by atoms with E-state index in [2.05, 4.69) is 54.4 Å². The first-order chi connectivity index (χ1) is 16.3. The predicted molar refractivity (Wildman–Crippen MR) is 130 cm³/mol. The van der Waals surface area contributed by atoms with E-state index >= 15 is 0 Å². The zero-order chi connectivity index (χ0) is 22.6. The molecule has 2 heterocycles. The molecule has 2 atom stereocenters. The van der Waals surface area contributed by atoms with Crippen LogP contribution >= 0.6 is 0 Å². The fourth-order valence-electron chi connectivity index (χ4n) is 4.48. The lowest BCUT2D eigenvalue weighted by molar-refractivity contribution is -0.0190. The van der Waals surface area contributed by atoms with E-state index in [0.29, 0.717) is 0 Å². The summed E-state index contributed by atoms with van der Waals surface area (Å²) in [5, 5.41) is 7.15. The van der Waals surface area contributed by atoms with Crippen molar-refractivity contribution in [2.45, 2.75) is 44.9 Å². The van der Waals surface area contributed by atoms with E-state index in [-0.39, 0.29) is 12.3 Å². The van der Waals surface area contributed by atoms with Gasteiger partial charge in [0.25, 0.3) is 0 Å². The molecule has 3 aromatic carbocycles. The summed E-state index contributed by atoms with van der Waals surface area (Å²) in [5.41, 5.74) is 4.41. The third-order valence-electron chi connectivity index (χ3n) is 6.30. The smallest absolute Gasteiger partial charge is 0.213 e. The Bertz CT molecular complexity index is 1110. The molecule has 0 amide bonds. The summed E-state index contributed by atoms with van der Waals surface area (Å²) in [4.78, 5) is 0. The molecule has 3 aromatic rings. The monoisotopic (exact) mass is 442 g/mol. The number of hydrogen-bond donors (Lipinski definition) is 0. The molecule has 0 unspecified atom stereocenters. The van der Waals surface area contributed by atoms with Gasteiger partial charge >= 0.3 is 0 Å². The molecule has 0 spiro atoms. The fourth-order valence-corrected chi connectivity index (χ4v) is 4.48. The second-order valence-corrected chi connectivity index (χ2v) is 8.51. The molecule has 5 nitrogen and oxygen atoms in total. The minimum atomic E-state index is -0.283. The number of rotatable bonds is 8. The number of hydrogen-bond acceptors (Lipinski definition) is 5. The van der Waals surface area contributed by atoms with Crippen molar-refractivity contribution in [2.75, 3.05) is 13.7 Å². The van der Waals surface area contributed by atoms with E-state index in [1.54, 1.807) is 7.11 Å². The van der Waals surface area contributed by atoms with Crippen LogP contribution in [0, 0.1) is 0 Å². The molecule has 0 N–H and O–H groups in total. The van der Waals surface area contributed by atoms with E-state index in [0.717, 1.165) is 53.5 Å². The molecular weight excluding hydrogens is 412 g/mol. The lowest BCUT2D eigenvalue weighted by Gasteiger charge is -2.38. The third kappa shape index (κ3) is 4.40. The molecule has 0 radical (unpaired) electrons. The average Bonchev–Trinajstić information content (AvgIpc) is 3.32. The van der Waals surface area contributed by atoms with E-state index in [1.807, 2.05) is 30.3 Å². The maximum atomic E-state index is 6.46. The molecule has 5 heteroatoms. The van der Waals surface area contributed by atoms with Gasteiger partial charge < -0.3 is 14.2 Å². The standard InChI is InChI=1S/C28H30N2O3/c1-3-4-7-18-32-23-16-12-21(13-17-23)28-30-26(24-8-5-6-9-27(24)33-28)19-25(29-30)20-10-14-22(31-2)15-11-20/h5-6,8-17,26,28H,3-4,7,18-19H2,1-2H3/t26-,28-/m0/s1. The van der Waals surface area contributed by atoms with Crippen LogP contribution in [0.5, 0.6) is 17.2 Å². The Labute approximate surface area is 195 Å². The number of methoxy groups -OCH3 is 1. The van der Waals surface area contributed by atoms with Crippen molar-refractivity contribution < 1.29 is 14.2 Å². The summed E-state index contributed by atoms with van der Waals surface area (Å²) in [7, 11) is 1.68. The zero-order valence-corrected chi connectivity index (χ0v) is 19.2. The number of para-hydroxylation sites is 1. The number of hydrazone groups is 1. The highest BCUT2D eigenvalue weighted by atomic mass is 16.5. The van der Waals surface area contributed by atoms with Gasteiger partial charge in [-0.3, -0.25) is 0 Å². The highest BCUT2D eigenvalue weighted by Crippen LogP contribution is 2.47. The van der Waals surface area contributed by atoms with E-state index in [1.165, 1.54) is 18.4 Å². The van der Waals surface area contributed by atoms with Gasteiger partial charge in [-0.25, -0.2) is 5.01 Å². The minimum absolute atomic E-state index is 0.141. The van der Waals surface area contributed by atoms with Crippen molar-refractivity contribution in [3.8, 4) is 17.2 Å². The number of benzene rings is 3. The van der Waals surface area contributed by atoms with Crippen molar-refractivity contribution >= 4 is 5.71 Å². The molecule has 0 saturated carbocycles. The van der Waals surface area contributed by atoms with Crippen molar-refractivity contribution in [2.24, 2.45) is 5.10 Å². The number of unbranched alkanes of at least 4 members (excludes halogenated alkanes) is 2. The van der Waals surface area contributed by atoms with Crippen LogP contribution in [0.1, 0.15) is 61.6 Å². The van der Waals surface area contributed by atoms with Crippen molar-refractivity contribution in [1.29, 1.82) is 0 Å². The molecule has 0 bridgehead atoms. The number of ether oxygens (including phenoxy) is 3. The van der Waals surface area contributed by atoms with Crippen LogP contribution in [-0.4, -0.2) is 24.4 Å². The van der Waals surface area contributed by atoms with Crippen molar-refractivity contribution in [1.82, 2.24) is 5.01 Å². The minimum Gasteiger partial charge on any atom is -0.497 e. The van der Waals surface area contributed by atoms with Gasteiger partial charge in [0.15, 0.2) is 0 Å². The average molecular weight is 443 g/mol. The van der Waals surface area contributed by atoms with Crippen molar-refractivity contribution in [3.63, 3.8) is 0 Å². The summed E-state index contributed by atoms with van der Waals surface area (Å²) >= 11 is 0. The summed E-state index contributed by atoms with van der Waals surface area (Å²) < 4.78 is 17.7. The van der Waals surface area contributed by atoms with Crippen molar-refractivity contribution in [3.05, 3.63) is 89.5 Å². The number of nitrogens with zero attached hydrogens (tertiary/aromatic N) is 2. The van der Waals surface area contributed by atoms with Gasteiger partial charge in [0.1, 0.15) is 17.2 Å². The van der Waals surface area contributed by atoms with Crippen LogP contribution in [0.3, 0.4) is 0 Å². The second kappa shape index (κ2) is 9.57. The molecular formula is C28H30N2O3. The maximum Gasteiger partial charge on any atom is 0.213 e. The number of fused-ring (bicyclic) bond motifs is 3. The fraction of sp³-hybridized carbons (Fsp3) is 0.321. The van der Waals surface area contributed by atoms with E-state index in [9.17, 15) is 0 Å². The van der Waals surface area contributed by atoms with Crippen LogP contribution in [0.4, 0.5) is 0 Å². The topological polar surface area (TPSA) is 43.3 Å². The lowest BCUT2D eigenvalue weighted by atomic mass is 9.96. The molecule has 0 aromatic heterocycles. The molecule has 0 aliphatic carbocycles. The van der Waals surface area contributed by atoms with Gasteiger partial charge in [-0.1, -0.05) is 38.0 Å². The maximum absolute atomic E-state index is 6.46. The van der Waals surface area contributed by atoms with Gasteiger partial charge in [-0.2, -0.15) is 5.10 Å². The Kier molecular flexibility index (Phi) is 6.20.